The Morgan fingerprint density at radius 2 is 0.900 bits per heavy atom. The van der Waals surface area contributed by atoms with Gasteiger partial charge in [0.05, 0.1) is 22.5 Å². The molecular formula is C32H36N6O2. The summed E-state index contributed by atoms with van der Waals surface area (Å²) < 4.78 is 0. The Balaban J connectivity index is 2.05. The van der Waals surface area contributed by atoms with E-state index in [0.717, 1.165) is 77.0 Å². The zero-order chi connectivity index (χ0) is 29.1. The van der Waals surface area contributed by atoms with E-state index in [1.807, 2.05) is 24.3 Å². The van der Waals surface area contributed by atoms with Crippen LogP contribution in [0.1, 0.15) is 102 Å². The number of carbonyl (C=O) groups is 2. The number of benzene rings is 1. The molecule has 0 aliphatic carbocycles. The molecule has 2 amide bonds. The molecule has 2 aliphatic rings. The van der Waals surface area contributed by atoms with Crippen molar-refractivity contribution in [2.45, 2.75) is 90.9 Å². The molecule has 206 valence electrons. The number of anilines is 2. The van der Waals surface area contributed by atoms with Crippen LogP contribution in [0.5, 0.6) is 0 Å². The molecule has 1 aromatic rings. The van der Waals surface area contributed by atoms with E-state index in [0.29, 0.717) is 35.6 Å². The van der Waals surface area contributed by atoms with Crippen molar-refractivity contribution in [2.24, 2.45) is 0 Å². The number of nitriles is 4. The monoisotopic (exact) mass is 536 g/mol. The van der Waals surface area contributed by atoms with Gasteiger partial charge in [0, 0.05) is 24.2 Å². The fourth-order valence-corrected chi connectivity index (χ4v) is 5.44. The van der Waals surface area contributed by atoms with Crippen LogP contribution < -0.4 is 9.80 Å². The molecule has 3 rings (SSSR count). The number of allylic oxidation sites excluding steroid dienone is 2. The molecule has 0 aromatic heterocycles. The molecule has 1 aromatic carbocycles. The van der Waals surface area contributed by atoms with Crippen molar-refractivity contribution >= 4 is 34.3 Å². The van der Waals surface area contributed by atoms with Crippen molar-refractivity contribution in [3.63, 3.8) is 0 Å². The number of amides is 2. The summed E-state index contributed by atoms with van der Waals surface area (Å²) in [6.07, 6.45) is 12.4. The molecule has 8 nitrogen and oxygen atoms in total. The molecule has 0 saturated carbocycles. The second-order valence-corrected chi connectivity index (χ2v) is 10.3. The standard InChI is InChI=1S/C32H36N6O2/c1-3-5-7-9-11-13-15-37-27-17-26-28(18-25(27)29(31(37)39)23(19-33)20-34)38(16-14-12-10-8-6-4-2)32(40)30(26)24(21-35)22-36/h17-18H,3-16H2,1-2H3. The molecule has 8 heteroatoms. The number of hydrogen-bond acceptors (Lipinski definition) is 6. The maximum atomic E-state index is 13.6. The Bertz CT molecular complexity index is 1240. The van der Waals surface area contributed by atoms with Crippen LogP contribution in [0.15, 0.2) is 23.3 Å². The van der Waals surface area contributed by atoms with Crippen molar-refractivity contribution in [2.75, 3.05) is 22.9 Å². The van der Waals surface area contributed by atoms with Gasteiger partial charge < -0.3 is 9.80 Å². The molecule has 0 bridgehead atoms. The summed E-state index contributed by atoms with van der Waals surface area (Å²) >= 11 is 0. The van der Waals surface area contributed by atoms with Crippen molar-refractivity contribution in [3.8, 4) is 24.3 Å². The van der Waals surface area contributed by atoms with Crippen molar-refractivity contribution in [3.05, 3.63) is 34.4 Å². The molecule has 2 aliphatic heterocycles. The van der Waals surface area contributed by atoms with E-state index in [9.17, 15) is 30.6 Å². The molecule has 0 radical (unpaired) electrons. The second-order valence-electron chi connectivity index (χ2n) is 10.3. The minimum Gasteiger partial charge on any atom is -0.308 e. The first-order chi connectivity index (χ1) is 19.5. The van der Waals surface area contributed by atoms with Crippen molar-refractivity contribution in [1.29, 1.82) is 21.0 Å². The SMILES string of the molecule is CCCCCCCCN1C(=O)C(=C(C#N)C#N)c2cc3c(cc21)C(=C(C#N)C#N)C(=O)N3CCCCCCCC. The van der Waals surface area contributed by atoms with Gasteiger partial charge in [-0.1, -0.05) is 78.1 Å². The van der Waals surface area contributed by atoms with E-state index < -0.39 is 11.8 Å². The molecule has 0 spiro atoms. The number of fused-ring (bicyclic) bond motifs is 2. The van der Waals surface area contributed by atoms with E-state index in [2.05, 4.69) is 13.8 Å². The number of carbonyl (C=O) groups excluding carboxylic acids is 2. The molecule has 0 fully saturated rings. The van der Waals surface area contributed by atoms with Crippen molar-refractivity contribution in [1.82, 2.24) is 0 Å². The highest BCUT2D eigenvalue weighted by Crippen LogP contribution is 2.48. The van der Waals surface area contributed by atoms with Gasteiger partial charge in [-0.3, -0.25) is 9.59 Å². The molecule has 0 N–H and O–H groups in total. The summed E-state index contributed by atoms with van der Waals surface area (Å²) in [6.45, 7) is 5.12. The van der Waals surface area contributed by atoms with Crippen LogP contribution in [0, 0.1) is 45.3 Å². The summed E-state index contributed by atoms with van der Waals surface area (Å²) in [5.74, 6) is -0.823. The topological polar surface area (TPSA) is 136 Å². The summed E-state index contributed by atoms with van der Waals surface area (Å²) in [5.41, 5.74) is 1.41. The first-order valence-corrected chi connectivity index (χ1v) is 14.4. The highest BCUT2D eigenvalue weighted by Gasteiger charge is 2.41. The fourth-order valence-electron chi connectivity index (χ4n) is 5.44. The van der Waals surface area contributed by atoms with Gasteiger partial charge in [0.1, 0.15) is 35.4 Å². The molecule has 0 unspecified atom stereocenters. The van der Waals surface area contributed by atoms with Gasteiger partial charge in [0.2, 0.25) is 0 Å². The third-order valence-corrected chi connectivity index (χ3v) is 7.57. The van der Waals surface area contributed by atoms with E-state index in [4.69, 9.17) is 0 Å². The minimum atomic E-state index is -0.412. The predicted octanol–water partition coefficient (Wildman–Crippen LogP) is 6.70. The predicted molar refractivity (Wildman–Crippen MR) is 154 cm³/mol. The summed E-state index contributed by atoms with van der Waals surface area (Å²) in [7, 11) is 0. The van der Waals surface area contributed by atoms with Crippen LogP contribution in [0.2, 0.25) is 0 Å². The zero-order valence-corrected chi connectivity index (χ0v) is 23.6. The average molecular weight is 537 g/mol. The average Bonchev–Trinajstić information content (AvgIpc) is 3.38. The quantitative estimate of drug-likeness (QED) is 0.147. The van der Waals surface area contributed by atoms with Gasteiger partial charge in [-0.25, -0.2) is 0 Å². The Morgan fingerprint density at radius 3 is 1.23 bits per heavy atom. The molecule has 0 atom stereocenters. The molecular weight excluding hydrogens is 500 g/mol. The lowest BCUT2D eigenvalue weighted by molar-refractivity contribution is -0.113. The van der Waals surface area contributed by atoms with Gasteiger partial charge in [0.25, 0.3) is 11.8 Å². The largest absolute Gasteiger partial charge is 0.308 e. The number of hydrogen-bond donors (Lipinski definition) is 0. The van der Waals surface area contributed by atoms with Gasteiger partial charge >= 0.3 is 0 Å². The maximum absolute atomic E-state index is 13.6. The van der Waals surface area contributed by atoms with E-state index in [-0.39, 0.29) is 22.3 Å². The zero-order valence-electron chi connectivity index (χ0n) is 23.6. The highest BCUT2D eigenvalue weighted by atomic mass is 16.2. The van der Waals surface area contributed by atoms with Crippen LogP contribution in [-0.4, -0.2) is 24.9 Å². The Kier molecular flexibility index (Phi) is 11.1. The van der Waals surface area contributed by atoms with Crippen LogP contribution in [-0.2, 0) is 9.59 Å². The smallest absolute Gasteiger partial charge is 0.261 e. The molecule has 2 heterocycles. The third-order valence-electron chi connectivity index (χ3n) is 7.57. The molecule has 40 heavy (non-hydrogen) atoms. The van der Waals surface area contributed by atoms with E-state index >= 15 is 0 Å². The lowest BCUT2D eigenvalue weighted by atomic mass is 9.96. The summed E-state index contributed by atoms with van der Waals surface area (Å²) in [4.78, 5) is 30.2. The minimum absolute atomic E-state index is 0.0407. The van der Waals surface area contributed by atoms with Gasteiger partial charge in [0.15, 0.2) is 0 Å². The molecule has 0 saturated heterocycles. The fraction of sp³-hybridized carbons (Fsp3) is 0.500. The Hall–Kier alpha value is -4.40. The van der Waals surface area contributed by atoms with Crippen LogP contribution in [0.4, 0.5) is 11.4 Å². The summed E-state index contributed by atoms with van der Waals surface area (Å²) in [6, 6.07) is 10.8. The normalized spacial score (nSPS) is 13.4. The lowest BCUT2D eigenvalue weighted by Crippen LogP contribution is -2.27. The second kappa shape index (κ2) is 14.7. The van der Waals surface area contributed by atoms with E-state index in [1.165, 1.54) is 0 Å². The van der Waals surface area contributed by atoms with Gasteiger partial charge in [-0.2, -0.15) is 21.0 Å². The highest BCUT2D eigenvalue weighted by molar-refractivity contribution is 6.38. The maximum Gasteiger partial charge on any atom is 0.261 e. The third kappa shape index (κ3) is 6.25. The summed E-state index contributed by atoms with van der Waals surface area (Å²) in [5, 5.41) is 38.6. The van der Waals surface area contributed by atoms with Gasteiger partial charge in [-0.05, 0) is 25.0 Å². The Labute approximate surface area is 237 Å². The van der Waals surface area contributed by atoms with E-state index in [1.54, 1.807) is 21.9 Å². The number of rotatable bonds is 14. The first kappa shape index (κ1) is 30.1. The Morgan fingerprint density at radius 1 is 0.575 bits per heavy atom. The lowest BCUT2D eigenvalue weighted by Gasteiger charge is -2.19. The van der Waals surface area contributed by atoms with Crippen LogP contribution in [0.3, 0.4) is 0 Å². The van der Waals surface area contributed by atoms with Gasteiger partial charge in [-0.15, -0.1) is 0 Å². The van der Waals surface area contributed by atoms with Crippen LogP contribution in [0.25, 0.3) is 11.1 Å². The first-order valence-electron chi connectivity index (χ1n) is 14.4. The van der Waals surface area contributed by atoms with Crippen LogP contribution >= 0.6 is 0 Å². The number of unbranched alkanes of at least 4 members (excludes halogenated alkanes) is 10. The number of nitrogens with zero attached hydrogens (tertiary/aromatic N) is 6. The van der Waals surface area contributed by atoms with Crippen molar-refractivity contribution < 1.29 is 9.59 Å².